The Hall–Kier alpha value is -1.15. The molecule has 1 saturated heterocycles. The highest BCUT2D eigenvalue weighted by Crippen LogP contribution is 2.21. The topological polar surface area (TPSA) is 20.3 Å². The summed E-state index contributed by atoms with van der Waals surface area (Å²) in [5, 5.41) is 0. The number of benzene rings is 1. The normalized spacial score (nSPS) is 20.3. The van der Waals surface area contributed by atoms with Gasteiger partial charge >= 0.3 is 0 Å². The van der Waals surface area contributed by atoms with Crippen LogP contribution in [0.3, 0.4) is 0 Å². The molecule has 1 aliphatic rings. The lowest BCUT2D eigenvalue weighted by Gasteiger charge is -2.20. The number of nitrogens with zero attached hydrogens (tertiary/aromatic N) is 1. The van der Waals surface area contributed by atoms with Crippen LogP contribution in [0, 0.1) is 26.7 Å². The van der Waals surface area contributed by atoms with Crippen molar-refractivity contribution in [1.82, 2.24) is 4.90 Å². The van der Waals surface area contributed by atoms with Gasteiger partial charge in [-0.3, -0.25) is 9.69 Å². The van der Waals surface area contributed by atoms with Gasteiger partial charge in [0.1, 0.15) is 0 Å². The molecule has 0 radical (unpaired) electrons. The fourth-order valence-corrected chi connectivity index (χ4v) is 3.34. The number of hydrogen-bond donors (Lipinski definition) is 0. The SMILES string of the molecule is CCC1CCCN(CC(=O)c2cc(C)c(C)cc2C)CC1. The third-order valence-corrected chi connectivity index (χ3v) is 5.03. The highest BCUT2D eigenvalue weighted by Gasteiger charge is 2.19. The Morgan fingerprint density at radius 3 is 2.52 bits per heavy atom. The summed E-state index contributed by atoms with van der Waals surface area (Å²) in [6.07, 6.45) is 5.08. The lowest BCUT2D eigenvalue weighted by Crippen LogP contribution is -2.31. The third kappa shape index (κ3) is 4.16. The first-order valence-corrected chi connectivity index (χ1v) is 8.34. The number of ketones is 1. The van der Waals surface area contributed by atoms with Crippen molar-refractivity contribution in [3.63, 3.8) is 0 Å². The van der Waals surface area contributed by atoms with E-state index in [1.165, 1.54) is 36.8 Å². The smallest absolute Gasteiger partial charge is 0.177 e. The van der Waals surface area contributed by atoms with Crippen LogP contribution in [0.15, 0.2) is 12.1 Å². The summed E-state index contributed by atoms with van der Waals surface area (Å²) in [5.41, 5.74) is 4.51. The van der Waals surface area contributed by atoms with E-state index in [-0.39, 0.29) is 5.78 Å². The van der Waals surface area contributed by atoms with Crippen LogP contribution in [0.25, 0.3) is 0 Å². The maximum absolute atomic E-state index is 12.6. The van der Waals surface area contributed by atoms with Crippen LogP contribution in [0.5, 0.6) is 0 Å². The van der Waals surface area contributed by atoms with Crippen molar-refractivity contribution in [1.29, 1.82) is 0 Å². The van der Waals surface area contributed by atoms with Gasteiger partial charge in [0.25, 0.3) is 0 Å². The van der Waals surface area contributed by atoms with Crippen LogP contribution in [0.1, 0.15) is 59.7 Å². The monoisotopic (exact) mass is 287 g/mol. The van der Waals surface area contributed by atoms with Gasteiger partial charge in [0, 0.05) is 5.56 Å². The van der Waals surface area contributed by atoms with E-state index in [1.54, 1.807) is 0 Å². The molecule has 0 bridgehead atoms. The Labute approximate surface area is 129 Å². The van der Waals surface area contributed by atoms with Crippen molar-refractivity contribution < 1.29 is 4.79 Å². The first-order chi connectivity index (χ1) is 10.0. The minimum atomic E-state index is 0.283. The van der Waals surface area contributed by atoms with Crippen molar-refractivity contribution >= 4 is 5.78 Å². The number of carbonyl (C=O) groups is 1. The van der Waals surface area contributed by atoms with Crippen molar-refractivity contribution in [3.05, 3.63) is 34.4 Å². The molecule has 2 rings (SSSR count). The summed E-state index contributed by atoms with van der Waals surface area (Å²) in [7, 11) is 0. The van der Waals surface area contributed by atoms with Crippen LogP contribution in [-0.2, 0) is 0 Å². The molecule has 0 aliphatic carbocycles. The number of Topliss-reactive ketones (excluding diaryl/α,β-unsaturated/α-hetero) is 1. The number of carbonyl (C=O) groups excluding carboxylic acids is 1. The molecule has 1 aromatic rings. The van der Waals surface area contributed by atoms with E-state index < -0.39 is 0 Å². The predicted octanol–water partition coefficient (Wildman–Crippen LogP) is 4.31. The molecule has 1 heterocycles. The molecule has 2 nitrogen and oxygen atoms in total. The average molecular weight is 287 g/mol. The Kier molecular flexibility index (Phi) is 5.58. The Balaban J connectivity index is 2.03. The van der Waals surface area contributed by atoms with E-state index in [9.17, 15) is 4.79 Å². The second-order valence-corrected chi connectivity index (χ2v) is 6.66. The van der Waals surface area contributed by atoms with Gasteiger partial charge < -0.3 is 0 Å². The maximum Gasteiger partial charge on any atom is 0.177 e. The minimum absolute atomic E-state index is 0.283. The first-order valence-electron chi connectivity index (χ1n) is 8.34. The third-order valence-electron chi connectivity index (χ3n) is 5.03. The molecule has 0 spiro atoms. The molecule has 0 saturated carbocycles. The zero-order valence-corrected chi connectivity index (χ0v) is 14.0. The second-order valence-electron chi connectivity index (χ2n) is 6.66. The second kappa shape index (κ2) is 7.22. The number of rotatable bonds is 4. The van der Waals surface area contributed by atoms with E-state index in [0.717, 1.165) is 30.1 Å². The standard InChI is InChI=1S/C19H29NO/c1-5-17-7-6-9-20(10-8-17)13-19(21)18-12-15(3)14(2)11-16(18)4/h11-12,17H,5-10,13H2,1-4H3. The molecule has 0 aromatic heterocycles. The van der Waals surface area contributed by atoms with Crippen LogP contribution in [-0.4, -0.2) is 30.3 Å². The lowest BCUT2D eigenvalue weighted by atomic mass is 9.97. The molecule has 1 unspecified atom stereocenters. The molecule has 0 amide bonds. The fraction of sp³-hybridized carbons (Fsp3) is 0.632. The van der Waals surface area contributed by atoms with E-state index in [2.05, 4.69) is 44.7 Å². The average Bonchev–Trinajstić information content (AvgIpc) is 2.68. The summed E-state index contributed by atoms with van der Waals surface area (Å²) >= 11 is 0. The molecule has 116 valence electrons. The fourth-order valence-electron chi connectivity index (χ4n) is 3.34. The van der Waals surface area contributed by atoms with E-state index in [4.69, 9.17) is 0 Å². The quantitative estimate of drug-likeness (QED) is 0.769. The van der Waals surface area contributed by atoms with Gasteiger partial charge in [-0.1, -0.05) is 19.4 Å². The van der Waals surface area contributed by atoms with Crippen molar-refractivity contribution in [3.8, 4) is 0 Å². The summed E-state index contributed by atoms with van der Waals surface area (Å²) in [5.74, 6) is 1.14. The van der Waals surface area contributed by atoms with Crippen LogP contribution in [0.2, 0.25) is 0 Å². The molecule has 0 N–H and O–H groups in total. The van der Waals surface area contributed by atoms with Crippen molar-refractivity contribution in [2.45, 2.75) is 53.4 Å². The zero-order valence-electron chi connectivity index (χ0n) is 14.0. The van der Waals surface area contributed by atoms with E-state index in [1.807, 2.05) is 0 Å². The van der Waals surface area contributed by atoms with Gasteiger partial charge in [-0.15, -0.1) is 0 Å². The van der Waals surface area contributed by atoms with E-state index in [0.29, 0.717) is 6.54 Å². The molecule has 1 aliphatic heterocycles. The van der Waals surface area contributed by atoms with Gasteiger partial charge in [-0.25, -0.2) is 0 Å². The summed E-state index contributed by atoms with van der Waals surface area (Å²) in [6.45, 7) is 11.3. The van der Waals surface area contributed by atoms with Gasteiger partial charge in [-0.2, -0.15) is 0 Å². The lowest BCUT2D eigenvalue weighted by molar-refractivity contribution is 0.0931. The predicted molar refractivity (Wildman–Crippen MR) is 89.1 cm³/mol. The summed E-state index contributed by atoms with van der Waals surface area (Å²) < 4.78 is 0. The molecule has 1 fully saturated rings. The van der Waals surface area contributed by atoms with Crippen molar-refractivity contribution in [2.75, 3.05) is 19.6 Å². The molecule has 1 aromatic carbocycles. The minimum Gasteiger partial charge on any atom is -0.296 e. The largest absolute Gasteiger partial charge is 0.296 e. The number of hydrogen-bond acceptors (Lipinski definition) is 2. The molecule has 2 heteroatoms. The zero-order chi connectivity index (χ0) is 15.4. The highest BCUT2D eigenvalue weighted by atomic mass is 16.1. The van der Waals surface area contributed by atoms with Crippen LogP contribution in [0.4, 0.5) is 0 Å². The number of likely N-dealkylation sites (tertiary alicyclic amines) is 1. The van der Waals surface area contributed by atoms with Crippen molar-refractivity contribution in [2.24, 2.45) is 5.92 Å². The molecule has 1 atom stereocenters. The van der Waals surface area contributed by atoms with E-state index >= 15 is 0 Å². The highest BCUT2D eigenvalue weighted by molar-refractivity contribution is 5.99. The Morgan fingerprint density at radius 2 is 1.81 bits per heavy atom. The molecular formula is C19H29NO. The Morgan fingerprint density at radius 1 is 1.10 bits per heavy atom. The molecular weight excluding hydrogens is 258 g/mol. The van der Waals surface area contributed by atoms with Gasteiger partial charge in [0.2, 0.25) is 0 Å². The summed E-state index contributed by atoms with van der Waals surface area (Å²) in [6, 6.07) is 4.21. The van der Waals surface area contributed by atoms with Crippen LogP contribution >= 0.6 is 0 Å². The maximum atomic E-state index is 12.6. The molecule has 21 heavy (non-hydrogen) atoms. The number of aryl methyl sites for hydroxylation is 3. The van der Waals surface area contributed by atoms with Gasteiger partial charge in [-0.05, 0) is 81.8 Å². The Bertz CT molecular complexity index is 507. The first kappa shape index (κ1) is 16.2. The van der Waals surface area contributed by atoms with Gasteiger partial charge in [0.05, 0.1) is 6.54 Å². The van der Waals surface area contributed by atoms with Gasteiger partial charge in [0.15, 0.2) is 5.78 Å². The summed E-state index contributed by atoms with van der Waals surface area (Å²) in [4.78, 5) is 15.0. The van der Waals surface area contributed by atoms with Crippen LogP contribution < -0.4 is 0 Å².